The van der Waals surface area contributed by atoms with Crippen LogP contribution in [0.5, 0.6) is 0 Å². The minimum absolute atomic E-state index is 0.764. The number of hydrogen-bond acceptors (Lipinski definition) is 4. The first-order valence-electron chi connectivity index (χ1n) is 6.50. The van der Waals surface area contributed by atoms with Gasteiger partial charge in [-0.2, -0.15) is 0 Å². The van der Waals surface area contributed by atoms with Crippen LogP contribution in [0.1, 0.15) is 16.3 Å². The summed E-state index contributed by atoms with van der Waals surface area (Å²) in [6, 6.07) is 12.1. The molecule has 21 heavy (non-hydrogen) atoms. The van der Waals surface area contributed by atoms with Gasteiger partial charge in [-0.3, -0.25) is 0 Å². The molecule has 3 aromatic rings. The Morgan fingerprint density at radius 1 is 1.19 bits per heavy atom. The molecule has 3 nitrogen and oxygen atoms in total. The van der Waals surface area contributed by atoms with E-state index in [0.717, 1.165) is 28.2 Å². The highest BCUT2D eigenvalue weighted by Gasteiger charge is 2.10. The van der Waals surface area contributed by atoms with Crippen LogP contribution in [-0.2, 0) is 19.2 Å². The van der Waals surface area contributed by atoms with E-state index in [1.54, 1.807) is 23.1 Å². The predicted octanol–water partition coefficient (Wildman–Crippen LogP) is 4.41. The van der Waals surface area contributed by atoms with E-state index >= 15 is 0 Å². The Labute approximate surface area is 137 Å². The van der Waals surface area contributed by atoms with Crippen LogP contribution < -0.4 is 0 Å². The SMILES string of the molecule is Cn1c(Cc2cccs2)nnc1SCc1ccc(Cl)cc1. The van der Waals surface area contributed by atoms with Crippen molar-refractivity contribution in [1.82, 2.24) is 14.8 Å². The van der Waals surface area contributed by atoms with E-state index in [2.05, 4.69) is 32.3 Å². The van der Waals surface area contributed by atoms with Gasteiger partial charge < -0.3 is 4.57 Å². The number of rotatable bonds is 5. The Kier molecular flexibility index (Phi) is 4.63. The molecule has 6 heteroatoms. The molecule has 108 valence electrons. The minimum Gasteiger partial charge on any atom is -0.309 e. The van der Waals surface area contributed by atoms with E-state index in [1.807, 2.05) is 31.3 Å². The Bertz CT molecular complexity index is 705. The fraction of sp³-hybridized carbons (Fsp3) is 0.200. The van der Waals surface area contributed by atoms with Crippen LogP contribution in [0.15, 0.2) is 46.9 Å². The first-order valence-corrected chi connectivity index (χ1v) is 8.74. The molecule has 0 spiro atoms. The van der Waals surface area contributed by atoms with E-state index < -0.39 is 0 Å². The maximum absolute atomic E-state index is 5.89. The number of hydrogen-bond donors (Lipinski definition) is 0. The molecule has 0 saturated heterocycles. The zero-order valence-electron chi connectivity index (χ0n) is 11.5. The van der Waals surface area contributed by atoms with Gasteiger partial charge in [0.05, 0.1) is 0 Å². The van der Waals surface area contributed by atoms with Crippen molar-refractivity contribution in [2.75, 3.05) is 0 Å². The molecule has 0 fully saturated rings. The van der Waals surface area contributed by atoms with Gasteiger partial charge in [-0.25, -0.2) is 0 Å². The summed E-state index contributed by atoms with van der Waals surface area (Å²) in [5, 5.41) is 12.4. The van der Waals surface area contributed by atoms with Gasteiger partial charge in [0.2, 0.25) is 0 Å². The summed E-state index contributed by atoms with van der Waals surface area (Å²) < 4.78 is 2.07. The molecule has 0 aliphatic rings. The summed E-state index contributed by atoms with van der Waals surface area (Å²) in [6.07, 6.45) is 0.836. The number of benzene rings is 1. The monoisotopic (exact) mass is 335 g/mol. The molecule has 0 N–H and O–H groups in total. The lowest BCUT2D eigenvalue weighted by atomic mass is 10.2. The van der Waals surface area contributed by atoms with Gasteiger partial charge in [0.25, 0.3) is 0 Å². The van der Waals surface area contributed by atoms with Crippen LogP contribution in [0.2, 0.25) is 5.02 Å². The molecular weight excluding hydrogens is 322 g/mol. The number of halogens is 1. The maximum atomic E-state index is 5.89. The number of thiophene rings is 1. The second kappa shape index (κ2) is 6.64. The number of aromatic nitrogens is 3. The summed E-state index contributed by atoms with van der Waals surface area (Å²) in [5.74, 6) is 1.86. The van der Waals surface area contributed by atoms with Crippen LogP contribution in [0, 0.1) is 0 Å². The summed E-state index contributed by atoms with van der Waals surface area (Å²) in [5.41, 5.74) is 1.23. The molecule has 2 aromatic heterocycles. The molecule has 0 unspecified atom stereocenters. The molecule has 0 atom stereocenters. The van der Waals surface area contributed by atoms with Crippen LogP contribution >= 0.6 is 34.7 Å². The molecular formula is C15H14ClN3S2. The molecule has 0 radical (unpaired) electrons. The van der Waals surface area contributed by atoms with Crippen molar-refractivity contribution >= 4 is 34.7 Å². The summed E-state index contributed by atoms with van der Waals surface area (Å²) in [7, 11) is 2.02. The van der Waals surface area contributed by atoms with Gasteiger partial charge in [0.15, 0.2) is 5.16 Å². The van der Waals surface area contributed by atoms with Crippen LogP contribution in [0.3, 0.4) is 0 Å². The lowest BCUT2D eigenvalue weighted by molar-refractivity contribution is 0.751. The highest BCUT2D eigenvalue weighted by Crippen LogP contribution is 2.23. The predicted molar refractivity (Wildman–Crippen MR) is 89.1 cm³/mol. The van der Waals surface area contributed by atoms with Crippen molar-refractivity contribution in [1.29, 1.82) is 0 Å². The van der Waals surface area contributed by atoms with Gasteiger partial charge >= 0.3 is 0 Å². The zero-order valence-corrected chi connectivity index (χ0v) is 13.9. The van der Waals surface area contributed by atoms with E-state index in [0.29, 0.717) is 0 Å². The van der Waals surface area contributed by atoms with Gasteiger partial charge in [0.1, 0.15) is 5.82 Å². The summed E-state index contributed by atoms with van der Waals surface area (Å²) in [6.45, 7) is 0. The first-order chi connectivity index (χ1) is 10.2. The lowest BCUT2D eigenvalue weighted by Gasteiger charge is -2.03. The third-order valence-corrected chi connectivity index (χ3v) is 5.34. The van der Waals surface area contributed by atoms with Crippen molar-refractivity contribution in [2.24, 2.45) is 7.05 Å². The third kappa shape index (κ3) is 3.67. The molecule has 1 aromatic carbocycles. The molecule has 0 bridgehead atoms. The smallest absolute Gasteiger partial charge is 0.191 e. The van der Waals surface area contributed by atoms with Gasteiger partial charge in [-0.1, -0.05) is 41.6 Å². The Balaban J connectivity index is 1.66. The summed E-state index contributed by atoms with van der Waals surface area (Å²) in [4.78, 5) is 1.31. The maximum Gasteiger partial charge on any atom is 0.191 e. The fourth-order valence-corrected chi connectivity index (χ4v) is 3.64. The van der Waals surface area contributed by atoms with Gasteiger partial charge in [-0.05, 0) is 29.1 Å². The molecule has 0 aliphatic heterocycles. The zero-order chi connectivity index (χ0) is 14.7. The molecule has 0 amide bonds. The lowest BCUT2D eigenvalue weighted by Crippen LogP contribution is -1.99. The number of nitrogens with zero attached hydrogens (tertiary/aromatic N) is 3. The van der Waals surface area contributed by atoms with Crippen molar-refractivity contribution in [3.8, 4) is 0 Å². The Morgan fingerprint density at radius 2 is 2.00 bits per heavy atom. The second-order valence-electron chi connectivity index (χ2n) is 4.63. The average Bonchev–Trinajstić information content (AvgIpc) is 3.11. The van der Waals surface area contributed by atoms with Crippen molar-refractivity contribution < 1.29 is 0 Å². The van der Waals surface area contributed by atoms with E-state index in [-0.39, 0.29) is 0 Å². The highest BCUT2D eigenvalue weighted by atomic mass is 35.5. The summed E-state index contributed by atoms with van der Waals surface area (Å²) >= 11 is 9.33. The van der Waals surface area contributed by atoms with Crippen LogP contribution in [-0.4, -0.2) is 14.8 Å². The van der Waals surface area contributed by atoms with E-state index in [4.69, 9.17) is 11.6 Å². The molecule has 0 aliphatic carbocycles. The van der Waals surface area contributed by atoms with Crippen molar-refractivity contribution in [3.05, 3.63) is 63.1 Å². The van der Waals surface area contributed by atoms with Crippen molar-refractivity contribution in [2.45, 2.75) is 17.3 Å². The fourth-order valence-electron chi connectivity index (χ4n) is 1.92. The number of thioether (sulfide) groups is 1. The average molecular weight is 336 g/mol. The minimum atomic E-state index is 0.764. The molecule has 2 heterocycles. The van der Waals surface area contributed by atoms with Crippen LogP contribution in [0.25, 0.3) is 0 Å². The molecule has 3 rings (SSSR count). The quantitative estimate of drug-likeness (QED) is 0.647. The van der Waals surface area contributed by atoms with Gasteiger partial charge in [0, 0.05) is 29.1 Å². The topological polar surface area (TPSA) is 30.7 Å². The third-order valence-electron chi connectivity index (χ3n) is 3.12. The van der Waals surface area contributed by atoms with Crippen LogP contribution in [0.4, 0.5) is 0 Å². The molecule has 0 saturated carbocycles. The van der Waals surface area contributed by atoms with Crippen molar-refractivity contribution in [3.63, 3.8) is 0 Å². The largest absolute Gasteiger partial charge is 0.309 e. The Morgan fingerprint density at radius 3 is 2.71 bits per heavy atom. The Hall–Kier alpha value is -1.30. The highest BCUT2D eigenvalue weighted by molar-refractivity contribution is 7.98. The van der Waals surface area contributed by atoms with Gasteiger partial charge in [-0.15, -0.1) is 21.5 Å². The second-order valence-corrected chi connectivity index (χ2v) is 7.04. The normalized spacial score (nSPS) is 11.0. The van der Waals surface area contributed by atoms with E-state index in [9.17, 15) is 0 Å². The first kappa shape index (κ1) is 14.6. The standard InChI is InChI=1S/C15H14ClN3S2/c1-19-14(9-13-3-2-8-20-13)17-18-15(19)21-10-11-4-6-12(16)7-5-11/h2-8H,9-10H2,1H3. The van der Waals surface area contributed by atoms with E-state index in [1.165, 1.54) is 10.4 Å².